The Morgan fingerprint density at radius 2 is 1.94 bits per heavy atom. The summed E-state index contributed by atoms with van der Waals surface area (Å²) < 4.78 is 46.4. The SMILES string of the molecule is O=C1CO[C@H]2CCN(C(=O)N3CC(CCC(c4ccccc4Cl)C(F)(F)F)C3)C[C@H]2C1. The zero-order valence-electron chi connectivity index (χ0n) is 17.1. The van der Waals surface area contributed by atoms with Crippen molar-refractivity contribution in [2.24, 2.45) is 11.8 Å². The minimum atomic E-state index is -4.37. The van der Waals surface area contributed by atoms with E-state index in [1.165, 1.54) is 12.1 Å². The number of likely N-dealkylation sites (tertiary alicyclic amines) is 2. The number of carbonyl (C=O) groups is 2. The first-order valence-electron chi connectivity index (χ1n) is 10.7. The van der Waals surface area contributed by atoms with Crippen LogP contribution in [0.2, 0.25) is 5.02 Å². The van der Waals surface area contributed by atoms with Gasteiger partial charge in [0.05, 0.1) is 12.0 Å². The van der Waals surface area contributed by atoms with Gasteiger partial charge in [0.2, 0.25) is 0 Å². The Kier molecular flexibility index (Phi) is 6.49. The summed E-state index contributed by atoms with van der Waals surface area (Å²) in [5.41, 5.74) is 0.107. The number of piperidine rings is 1. The molecule has 5 nitrogen and oxygen atoms in total. The lowest BCUT2D eigenvalue weighted by atomic mass is 9.86. The van der Waals surface area contributed by atoms with Gasteiger partial charge in [-0.3, -0.25) is 4.79 Å². The van der Waals surface area contributed by atoms with Crippen molar-refractivity contribution in [3.8, 4) is 0 Å². The third-order valence-corrected chi connectivity index (χ3v) is 6.99. The normalized spacial score (nSPS) is 25.7. The first kappa shape index (κ1) is 22.4. The largest absolute Gasteiger partial charge is 0.395 e. The highest BCUT2D eigenvalue weighted by Crippen LogP contribution is 2.42. The molecule has 1 unspecified atom stereocenters. The first-order valence-corrected chi connectivity index (χ1v) is 11.1. The molecule has 0 bridgehead atoms. The van der Waals surface area contributed by atoms with E-state index in [1.54, 1.807) is 21.9 Å². The second-order valence-corrected chi connectivity index (χ2v) is 9.24. The number of fused-ring (bicyclic) bond motifs is 1. The number of hydrogen-bond acceptors (Lipinski definition) is 3. The van der Waals surface area contributed by atoms with Gasteiger partial charge < -0.3 is 14.5 Å². The Bertz CT molecular complexity index is 828. The van der Waals surface area contributed by atoms with E-state index in [-0.39, 0.29) is 53.4 Å². The second-order valence-electron chi connectivity index (χ2n) is 8.83. The van der Waals surface area contributed by atoms with Gasteiger partial charge in [0, 0.05) is 43.5 Å². The van der Waals surface area contributed by atoms with Crippen LogP contribution in [0.3, 0.4) is 0 Å². The average Bonchev–Trinajstić information content (AvgIpc) is 2.68. The average molecular weight is 459 g/mol. The Morgan fingerprint density at radius 1 is 1.19 bits per heavy atom. The number of benzene rings is 1. The molecule has 1 aromatic carbocycles. The molecule has 0 spiro atoms. The molecule has 0 saturated carbocycles. The summed E-state index contributed by atoms with van der Waals surface area (Å²) in [6.45, 7) is 2.17. The topological polar surface area (TPSA) is 49.9 Å². The summed E-state index contributed by atoms with van der Waals surface area (Å²) in [5, 5.41) is 0.129. The van der Waals surface area contributed by atoms with E-state index in [9.17, 15) is 22.8 Å². The molecule has 3 saturated heterocycles. The molecule has 170 valence electrons. The predicted molar refractivity (Wildman–Crippen MR) is 109 cm³/mol. The van der Waals surface area contributed by atoms with Crippen molar-refractivity contribution in [3.05, 3.63) is 34.9 Å². The van der Waals surface area contributed by atoms with Gasteiger partial charge in [-0.2, -0.15) is 13.2 Å². The number of rotatable bonds is 4. The molecule has 3 atom stereocenters. The first-order chi connectivity index (χ1) is 14.7. The van der Waals surface area contributed by atoms with E-state index in [4.69, 9.17) is 16.3 Å². The molecule has 1 aromatic rings. The number of amides is 2. The zero-order chi connectivity index (χ0) is 22.2. The van der Waals surface area contributed by atoms with E-state index in [0.717, 1.165) is 0 Å². The monoisotopic (exact) mass is 458 g/mol. The van der Waals surface area contributed by atoms with Gasteiger partial charge in [0.15, 0.2) is 5.78 Å². The van der Waals surface area contributed by atoms with Crippen LogP contribution in [0.5, 0.6) is 0 Å². The van der Waals surface area contributed by atoms with Crippen molar-refractivity contribution in [1.82, 2.24) is 9.80 Å². The van der Waals surface area contributed by atoms with Crippen LogP contribution in [-0.4, -0.2) is 66.7 Å². The van der Waals surface area contributed by atoms with Crippen LogP contribution in [0.15, 0.2) is 24.3 Å². The highest BCUT2D eigenvalue weighted by molar-refractivity contribution is 6.31. The van der Waals surface area contributed by atoms with Crippen molar-refractivity contribution in [1.29, 1.82) is 0 Å². The lowest BCUT2D eigenvalue weighted by molar-refractivity contribution is -0.153. The van der Waals surface area contributed by atoms with E-state index in [1.807, 2.05) is 0 Å². The van der Waals surface area contributed by atoms with Gasteiger partial charge in [-0.05, 0) is 36.8 Å². The lowest BCUT2D eigenvalue weighted by Crippen LogP contribution is -2.58. The molecule has 9 heteroatoms. The van der Waals surface area contributed by atoms with Crippen LogP contribution >= 0.6 is 11.6 Å². The van der Waals surface area contributed by atoms with Gasteiger partial charge in [-0.15, -0.1) is 0 Å². The second kappa shape index (κ2) is 8.98. The lowest BCUT2D eigenvalue weighted by Gasteiger charge is -2.46. The third-order valence-electron chi connectivity index (χ3n) is 6.65. The van der Waals surface area contributed by atoms with Crippen LogP contribution in [0.25, 0.3) is 0 Å². The standard InChI is InChI=1S/C22H26ClF3N2O3/c23-19-4-2-1-3-17(19)18(22(24,25)26)6-5-14-10-28(11-14)21(30)27-8-7-20-15(12-27)9-16(29)13-31-20/h1-4,14-15,18,20H,5-13H2/t15-,18?,20+/m1/s1. The predicted octanol–water partition coefficient (Wildman–Crippen LogP) is 4.50. The fraction of sp³-hybridized carbons (Fsp3) is 0.636. The highest BCUT2D eigenvalue weighted by atomic mass is 35.5. The van der Waals surface area contributed by atoms with Gasteiger partial charge in [0.1, 0.15) is 6.61 Å². The number of halogens is 4. The summed E-state index contributed by atoms with van der Waals surface area (Å²) in [5.74, 6) is -1.45. The Balaban J connectivity index is 1.27. The molecule has 31 heavy (non-hydrogen) atoms. The Hall–Kier alpha value is -1.80. The van der Waals surface area contributed by atoms with Crippen LogP contribution in [0.4, 0.5) is 18.0 Å². The molecule has 4 rings (SSSR count). The molecule has 3 aliphatic rings. The van der Waals surface area contributed by atoms with Crippen LogP contribution in [0, 0.1) is 11.8 Å². The number of ether oxygens (including phenoxy) is 1. The number of carbonyl (C=O) groups excluding carboxylic acids is 2. The van der Waals surface area contributed by atoms with Crippen molar-refractivity contribution in [2.45, 2.75) is 43.9 Å². The number of nitrogens with zero attached hydrogens (tertiary/aromatic N) is 2. The Morgan fingerprint density at radius 3 is 2.65 bits per heavy atom. The zero-order valence-corrected chi connectivity index (χ0v) is 17.9. The smallest absolute Gasteiger partial charge is 0.370 e. The maximum atomic E-state index is 13.6. The molecular formula is C22H26ClF3N2O3. The van der Waals surface area contributed by atoms with E-state index >= 15 is 0 Å². The van der Waals surface area contributed by atoms with Crippen molar-refractivity contribution in [3.63, 3.8) is 0 Å². The summed E-state index contributed by atoms with van der Waals surface area (Å²) in [7, 11) is 0. The fourth-order valence-corrected chi connectivity index (χ4v) is 5.18. The van der Waals surface area contributed by atoms with E-state index in [0.29, 0.717) is 45.4 Å². The van der Waals surface area contributed by atoms with Gasteiger partial charge in [-0.25, -0.2) is 4.79 Å². The molecule has 3 aliphatic heterocycles. The quantitative estimate of drug-likeness (QED) is 0.667. The summed E-state index contributed by atoms with van der Waals surface area (Å²) >= 11 is 6.01. The Labute approximate surface area is 184 Å². The molecule has 2 amide bonds. The molecular weight excluding hydrogens is 433 g/mol. The summed E-state index contributed by atoms with van der Waals surface area (Å²) in [6.07, 6.45) is -2.84. The maximum absolute atomic E-state index is 13.6. The summed E-state index contributed by atoms with van der Waals surface area (Å²) in [4.78, 5) is 27.8. The molecule has 0 radical (unpaired) electrons. The minimum Gasteiger partial charge on any atom is -0.370 e. The number of Topliss-reactive ketones (excluding diaryl/α,β-unsaturated/α-hetero) is 1. The number of alkyl halides is 3. The fourth-order valence-electron chi connectivity index (χ4n) is 4.92. The van der Waals surface area contributed by atoms with Crippen molar-refractivity contribution in [2.75, 3.05) is 32.8 Å². The number of urea groups is 1. The van der Waals surface area contributed by atoms with E-state index in [2.05, 4.69) is 0 Å². The maximum Gasteiger partial charge on any atom is 0.395 e. The van der Waals surface area contributed by atoms with Crippen molar-refractivity contribution >= 4 is 23.4 Å². The van der Waals surface area contributed by atoms with Crippen LogP contribution < -0.4 is 0 Å². The third kappa shape index (κ3) is 5.00. The van der Waals surface area contributed by atoms with Gasteiger partial charge in [0.25, 0.3) is 0 Å². The molecule has 3 fully saturated rings. The molecule has 0 N–H and O–H groups in total. The van der Waals surface area contributed by atoms with Gasteiger partial charge >= 0.3 is 12.2 Å². The van der Waals surface area contributed by atoms with Crippen LogP contribution in [-0.2, 0) is 9.53 Å². The molecule has 0 aliphatic carbocycles. The summed E-state index contributed by atoms with van der Waals surface area (Å²) in [6, 6.07) is 6.00. The highest BCUT2D eigenvalue weighted by Gasteiger charge is 2.43. The number of hydrogen-bond donors (Lipinski definition) is 0. The van der Waals surface area contributed by atoms with Crippen molar-refractivity contribution < 1.29 is 27.5 Å². The van der Waals surface area contributed by atoms with Crippen LogP contribution in [0.1, 0.15) is 37.2 Å². The molecule has 0 aromatic heterocycles. The number of ketones is 1. The molecule has 3 heterocycles. The van der Waals surface area contributed by atoms with E-state index < -0.39 is 12.1 Å². The minimum absolute atomic E-state index is 0.0370. The van der Waals surface area contributed by atoms with Gasteiger partial charge in [-0.1, -0.05) is 29.8 Å².